The highest BCUT2D eigenvalue weighted by Gasteiger charge is 2.25. The van der Waals surface area contributed by atoms with E-state index in [-0.39, 0.29) is 11.9 Å². The first-order valence-corrected chi connectivity index (χ1v) is 11.5. The maximum absolute atomic E-state index is 12.6. The van der Waals surface area contributed by atoms with Gasteiger partial charge in [-0.1, -0.05) is 0 Å². The van der Waals surface area contributed by atoms with Crippen molar-refractivity contribution in [2.24, 2.45) is 13.0 Å². The second kappa shape index (κ2) is 9.24. The van der Waals surface area contributed by atoms with E-state index in [4.69, 9.17) is 0 Å². The van der Waals surface area contributed by atoms with Gasteiger partial charge < -0.3 is 15.5 Å². The molecular weight excluding hydrogens is 390 g/mol. The molecule has 3 heterocycles. The second-order valence-electron chi connectivity index (χ2n) is 9.17. The number of rotatable bonds is 8. The lowest BCUT2D eigenvalue weighted by atomic mass is 9.93. The smallest absolute Gasteiger partial charge is 0.220 e. The Labute approximate surface area is 184 Å². The molecule has 2 N–H and O–H groups in total. The Morgan fingerprint density at radius 2 is 2.06 bits per heavy atom. The molecule has 2 fully saturated rings. The van der Waals surface area contributed by atoms with Crippen molar-refractivity contribution in [1.82, 2.24) is 25.1 Å². The summed E-state index contributed by atoms with van der Waals surface area (Å²) in [5.74, 6) is 2.53. The predicted octanol–water partition coefficient (Wildman–Crippen LogP) is 3.28. The van der Waals surface area contributed by atoms with Gasteiger partial charge in [0, 0.05) is 49.9 Å². The van der Waals surface area contributed by atoms with Gasteiger partial charge in [-0.3, -0.25) is 9.48 Å². The molecule has 2 aliphatic rings. The molecule has 8 heteroatoms. The van der Waals surface area contributed by atoms with Crippen molar-refractivity contribution in [2.45, 2.75) is 71.4 Å². The number of hydrogen-bond acceptors (Lipinski definition) is 6. The fourth-order valence-corrected chi connectivity index (χ4v) is 4.68. The fourth-order valence-electron chi connectivity index (χ4n) is 4.68. The third-order valence-corrected chi connectivity index (χ3v) is 6.58. The quantitative estimate of drug-likeness (QED) is 0.675. The van der Waals surface area contributed by atoms with Gasteiger partial charge in [0.15, 0.2) is 0 Å². The Morgan fingerprint density at radius 1 is 1.26 bits per heavy atom. The van der Waals surface area contributed by atoms with Gasteiger partial charge in [-0.2, -0.15) is 5.10 Å². The molecule has 31 heavy (non-hydrogen) atoms. The lowest BCUT2D eigenvalue weighted by molar-refractivity contribution is -0.122. The van der Waals surface area contributed by atoms with E-state index in [9.17, 15) is 4.79 Å². The highest BCUT2D eigenvalue weighted by Crippen LogP contribution is 2.28. The van der Waals surface area contributed by atoms with E-state index in [1.165, 1.54) is 19.3 Å². The molecule has 1 saturated heterocycles. The SMILES string of the molecule is Cc1nn(C)c(C)c1[C@H](C)NC(=O)CC[C@H]1CCCN(c2cc(NC3CC3)ncn2)C1. The van der Waals surface area contributed by atoms with Gasteiger partial charge in [0.2, 0.25) is 5.91 Å². The Hall–Kier alpha value is -2.64. The number of amides is 1. The first-order valence-electron chi connectivity index (χ1n) is 11.5. The maximum atomic E-state index is 12.6. The molecule has 4 rings (SSSR count). The molecule has 0 bridgehead atoms. The zero-order valence-electron chi connectivity index (χ0n) is 19.2. The third kappa shape index (κ3) is 5.35. The molecular formula is C23H35N7O. The molecule has 0 radical (unpaired) electrons. The van der Waals surface area contributed by atoms with Crippen molar-refractivity contribution < 1.29 is 4.79 Å². The Kier molecular flexibility index (Phi) is 6.43. The van der Waals surface area contributed by atoms with Gasteiger partial charge in [-0.05, 0) is 58.8 Å². The van der Waals surface area contributed by atoms with Crippen LogP contribution in [0.1, 0.15) is 68.4 Å². The molecule has 1 aliphatic carbocycles. The molecule has 0 aromatic carbocycles. The molecule has 1 aliphatic heterocycles. The van der Waals surface area contributed by atoms with E-state index in [2.05, 4.69) is 36.7 Å². The lowest BCUT2D eigenvalue weighted by Gasteiger charge is -2.33. The number of carbonyl (C=O) groups excluding carboxylic acids is 1. The molecule has 8 nitrogen and oxygen atoms in total. The van der Waals surface area contributed by atoms with Crippen molar-refractivity contribution in [3.63, 3.8) is 0 Å². The maximum Gasteiger partial charge on any atom is 0.220 e. The third-order valence-electron chi connectivity index (χ3n) is 6.58. The molecule has 1 amide bonds. The van der Waals surface area contributed by atoms with Crippen molar-refractivity contribution in [1.29, 1.82) is 0 Å². The highest BCUT2D eigenvalue weighted by molar-refractivity contribution is 5.76. The zero-order valence-corrected chi connectivity index (χ0v) is 19.2. The zero-order chi connectivity index (χ0) is 22.0. The number of anilines is 2. The molecule has 2 aromatic rings. The number of aromatic nitrogens is 4. The molecule has 0 spiro atoms. The Morgan fingerprint density at radius 3 is 2.77 bits per heavy atom. The summed E-state index contributed by atoms with van der Waals surface area (Å²) in [4.78, 5) is 23.8. The van der Waals surface area contributed by atoms with Crippen molar-refractivity contribution in [3.05, 3.63) is 29.3 Å². The minimum atomic E-state index is -0.0255. The number of aryl methyl sites for hydroxylation is 2. The standard InChI is InChI=1S/C23H35N7O/c1-15(23-16(2)28-29(4)17(23)3)26-22(31)10-7-18-6-5-11-30(13-18)21-12-20(24-14-25-21)27-19-8-9-19/h12,14-15,18-19H,5-11,13H2,1-4H3,(H,26,31)(H,24,25,27)/t15-,18+/m0/s1. The number of nitrogens with one attached hydrogen (secondary N) is 2. The van der Waals surface area contributed by atoms with Crippen LogP contribution in [-0.2, 0) is 11.8 Å². The summed E-state index contributed by atoms with van der Waals surface area (Å²) in [6.45, 7) is 8.05. The van der Waals surface area contributed by atoms with Crippen LogP contribution in [0, 0.1) is 19.8 Å². The van der Waals surface area contributed by atoms with Gasteiger partial charge in [-0.25, -0.2) is 9.97 Å². The summed E-state index contributed by atoms with van der Waals surface area (Å²) < 4.78 is 1.88. The highest BCUT2D eigenvalue weighted by atomic mass is 16.1. The van der Waals surface area contributed by atoms with E-state index >= 15 is 0 Å². The summed E-state index contributed by atoms with van der Waals surface area (Å²) in [6, 6.07) is 2.62. The Bertz CT molecular complexity index is 921. The number of carbonyl (C=O) groups is 1. The van der Waals surface area contributed by atoms with Gasteiger partial charge in [-0.15, -0.1) is 0 Å². The van der Waals surface area contributed by atoms with E-state index in [0.717, 1.165) is 54.5 Å². The summed E-state index contributed by atoms with van der Waals surface area (Å²) in [6.07, 6.45) is 7.86. The van der Waals surface area contributed by atoms with Crippen LogP contribution in [0.4, 0.5) is 11.6 Å². The van der Waals surface area contributed by atoms with E-state index in [1.807, 2.05) is 32.5 Å². The topological polar surface area (TPSA) is 88.0 Å². The minimum absolute atomic E-state index is 0.0255. The number of piperidine rings is 1. The summed E-state index contributed by atoms with van der Waals surface area (Å²) in [5.41, 5.74) is 3.21. The van der Waals surface area contributed by atoms with Crippen LogP contribution in [0.3, 0.4) is 0 Å². The van der Waals surface area contributed by atoms with Gasteiger partial charge in [0.1, 0.15) is 18.0 Å². The van der Waals surface area contributed by atoms with Crippen LogP contribution in [0.2, 0.25) is 0 Å². The van der Waals surface area contributed by atoms with Crippen LogP contribution < -0.4 is 15.5 Å². The molecule has 1 saturated carbocycles. The predicted molar refractivity (Wildman–Crippen MR) is 122 cm³/mol. The van der Waals surface area contributed by atoms with Crippen LogP contribution in [0.25, 0.3) is 0 Å². The van der Waals surface area contributed by atoms with E-state index in [0.29, 0.717) is 18.4 Å². The van der Waals surface area contributed by atoms with Crippen molar-refractivity contribution in [2.75, 3.05) is 23.3 Å². The average molecular weight is 426 g/mol. The monoisotopic (exact) mass is 425 g/mol. The Balaban J connectivity index is 1.28. The fraction of sp³-hybridized carbons (Fsp3) is 0.652. The second-order valence-corrected chi connectivity index (χ2v) is 9.17. The van der Waals surface area contributed by atoms with Crippen LogP contribution in [-0.4, -0.2) is 44.8 Å². The van der Waals surface area contributed by atoms with Gasteiger partial charge >= 0.3 is 0 Å². The molecule has 2 aromatic heterocycles. The normalized spacial score (nSPS) is 19.9. The van der Waals surface area contributed by atoms with E-state index in [1.54, 1.807) is 6.33 Å². The summed E-state index contributed by atoms with van der Waals surface area (Å²) in [5, 5.41) is 11.1. The average Bonchev–Trinajstić information content (AvgIpc) is 3.52. The minimum Gasteiger partial charge on any atom is -0.367 e. The molecule has 0 unspecified atom stereocenters. The number of nitrogens with zero attached hydrogens (tertiary/aromatic N) is 5. The molecule has 168 valence electrons. The first-order chi connectivity index (χ1) is 14.9. The van der Waals surface area contributed by atoms with Crippen LogP contribution >= 0.6 is 0 Å². The largest absolute Gasteiger partial charge is 0.367 e. The number of hydrogen-bond donors (Lipinski definition) is 2. The van der Waals surface area contributed by atoms with Crippen LogP contribution in [0.5, 0.6) is 0 Å². The summed E-state index contributed by atoms with van der Waals surface area (Å²) in [7, 11) is 1.94. The van der Waals surface area contributed by atoms with Crippen molar-refractivity contribution in [3.8, 4) is 0 Å². The molecule has 2 atom stereocenters. The lowest BCUT2D eigenvalue weighted by Crippen LogP contribution is -2.36. The summed E-state index contributed by atoms with van der Waals surface area (Å²) >= 11 is 0. The van der Waals surface area contributed by atoms with Gasteiger partial charge in [0.05, 0.1) is 11.7 Å². The first kappa shape index (κ1) is 21.6. The van der Waals surface area contributed by atoms with Crippen LogP contribution in [0.15, 0.2) is 12.4 Å². The van der Waals surface area contributed by atoms with Crippen molar-refractivity contribution >= 4 is 17.5 Å². The van der Waals surface area contributed by atoms with E-state index < -0.39 is 0 Å². The van der Waals surface area contributed by atoms with Gasteiger partial charge in [0.25, 0.3) is 0 Å².